The van der Waals surface area contributed by atoms with Crippen molar-refractivity contribution in [3.05, 3.63) is 39.4 Å². The third-order valence-electron chi connectivity index (χ3n) is 1.59. The van der Waals surface area contributed by atoms with Gasteiger partial charge >= 0.3 is 0 Å². The Balaban J connectivity index is 3.25. The maximum atomic E-state index is 10.5. The number of rotatable bonds is 3. The summed E-state index contributed by atoms with van der Waals surface area (Å²) in [6.07, 6.45) is 2.09. The number of hydrogen-bond donors (Lipinski definition) is 2. The molecule has 15 heavy (non-hydrogen) atoms. The molecule has 1 rings (SSSR count). The Bertz CT molecular complexity index is 398. The van der Waals surface area contributed by atoms with Gasteiger partial charge in [0.25, 0.3) is 5.69 Å². The molecule has 0 saturated heterocycles. The summed E-state index contributed by atoms with van der Waals surface area (Å²) in [5.41, 5.74) is 0.491. The van der Waals surface area contributed by atoms with Crippen molar-refractivity contribution in [1.29, 1.82) is 0 Å². The van der Waals surface area contributed by atoms with Crippen molar-refractivity contribution in [3.63, 3.8) is 0 Å². The zero-order chi connectivity index (χ0) is 11.3. The number of nitrogens with zero attached hydrogens (tertiary/aromatic N) is 3. The van der Waals surface area contributed by atoms with Crippen molar-refractivity contribution >= 4 is 18.1 Å². The van der Waals surface area contributed by atoms with Crippen LogP contribution in [-0.2, 0) is 0 Å². The van der Waals surface area contributed by atoms with Crippen LogP contribution in [0.25, 0.3) is 0 Å². The lowest BCUT2D eigenvalue weighted by molar-refractivity contribution is -0.384. The van der Waals surface area contributed by atoms with E-state index in [1.807, 2.05) is 0 Å². The number of hydrogen-bond acceptors (Lipinski definition) is 6. The van der Waals surface area contributed by atoms with E-state index in [9.17, 15) is 10.1 Å². The molecule has 7 heteroatoms. The molecule has 0 aliphatic rings. The van der Waals surface area contributed by atoms with E-state index >= 15 is 0 Å². The van der Waals surface area contributed by atoms with Crippen molar-refractivity contribution in [2.75, 3.05) is 0 Å². The van der Waals surface area contributed by atoms with Gasteiger partial charge in [0.1, 0.15) is 0 Å². The second-order valence-corrected chi connectivity index (χ2v) is 2.60. The number of benzene rings is 1. The lowest BCUT2D eigenvalue weighted by Crippen LogP contribution is -1.93. The fourth-order valence-electron chi connectivity index (χ4n) is 1.05. The van der Waals surface area contributed by atoms with Crippen LogP contribution in [0.15, 0.2) is 28.5 Å². The minimum atomic E-state index is -0.594. The summed E-state index contributed by atoms with van der Waals surface area (Å²) < 4.78 is 0. The summed E-state index contributed by atoms with van der Waals surface area (Å²) in [5.74, 6) is 0. The highest BCUT2D eigenvalue weighted by molar-refractivity contribution is 5.87. The Morgan fingerprint density at radius 2 is 1.60 bits per heavy atom. The molecule has 0 spiro atoms. The molecular formula is C8H7N3O4. The van der Waals surface area contributed by atoms with Gasteiger partial charge in [0.15, 0.2) is 0 Å². The smallest absolute Gasteiger partial charge is 0.270 e. The van der Waals surface area contributed by atoms with Crippen molar-refractivity contribution in [3.8, 4) is 0 Å². The highest BCUT2D eigenvalue weighted by Gasteiger charge is 2.07. The van der Waals surface area contributed by atoms with Gasteiger partial charge in [-0.2, -0.15) is 0 Å². The summed E-state index contributed by atoms with van der Waals surface area (Å²) in [4.78, 5) is 9.91. The molecule has 1 aromatic rings. The van der Waals surface area contributed by atoms with Gasteiger partial charge in [-0.25, -0.2) is 0 Å². The first-order valence-corrected chi connectivity index (χ1v) is 3.81. The van der Waals surface area contributed by atoms with E-state index < -0.39 is 4.92 Å². The fourth-order valence-corrected chi connectivity index (χ4v) is 1.05. The second kappa shape index (κ2) is 4.70. The Labute approximate surface area is 84.1 Å². The van der Waals surface area contributed by atoms with Crippen LogP contribution in [0.3, 0.4) is 0 Å². The molecule has 0 radical (unpaired) electrons. The second-order valence-electron chi connectivity index (χ2n) is 2.60. The van der Waals surface area contributed by atoms with E-state index in [0.29, 0.717) is 11.1 Å². The van der Waals surface area contributed by atoms with Crippen LogP contribution in [0.2, 0.25) is 0 Å². The van der Waals surface area contributed by atoms with E-state index in [0.717, 1.165) is 12.4 Å². The van der Waals surface area contributed by atoms with Gasteiger partial charge in [-0.1, -0.05) is 10.3 Å². The van der Waals surface area contributed by atoms with E-state index in [1.54, 1.807) is 0 Å². The molecule has 0 fully saturated rings. The molecule has 0 amide bonds. The predicted octanol–water partition coefficient (Wildman–Crippen LogP) is 1.21. The highest BCUT2D eigenvalue weighted by atomic mass is 16.6. The van der Waals surface area contributed by atoms with Gasteiger partial charge in [0.2, 0.25) is 0 Å². The molecule has 0 saturated carbocycles. The standard InChI is InChI=1S/C8H7N3O4/c12-9-4-6-1-7(5-10-13)3-8(2-6)11(14)15/h1-5,12-13H/b9-4-,10-5-. The molecule has 0 aliphatic carbocycles. The average Bonchev–Trinajstić information content (AvgIpc) is 2.18. The first kappa shape index (κ1) is 10.6. The van der Waals surface area contributed by atoms with Crippen LogP contribution < -0.4 is 0 Å². The zero-order valence-electron chi connectivity index (χ0n) is 7.44. The normalized spacial score (nSPS) is 11.2. The van der Waals surface area contributed by atoms with Crippen molar-refractivity contribution in [1.82, 2.24) is 0 Å². The molecule has 78 valence electrons. The fraction of sp³-hybridized carbons (Fsp3) is 0. The molecule has 0 bridgehead atoms. The largest absolute Gasteiger partial charge is 0.411 e. The van der Waals surface area contributed by atoms with Gasteiger partial charge in [-0.15, -0.1) is 0 Å². The van der Waals surface area contributed by atoms with Gasteiger partial charge in [-0.05, 0) is 6.07 Å². The molecule has 0 aromatic heterocycles. The number of nitro benzene ring substituents is 1. The molecule has 0 aliphatic heterocycles. The first-order valence-electron chi connectivity index (χ1n) is 3.81. The van der Waals surface area contributed by atoms with Crippen molar-refractivity contribution in [2.45, 2.75) is 0 Å². The van der Waals surface area contributed by atoms with Gasteiger partial charge in [0.05, 0.1) is 17.4 Å². The van der Waals surface area contributed by atoms with Crippen LogP contribution >= 0.6 is 0 Å². The van der Waals surface area contributed by atoms with Crippen LogP contribution in [-0.4, -0.2) is 27.8 Å². The summed E-state index contributed by atoms with van der Waals surface area (Å²) in [5, 5.41) is 32.6. The molecule has 1 aromatic carbocycles. The van der Waals surface area contributed by atoms with E-state index in [4.69, 9.17) is 10.4 Å². The molecular weight excluding hydrogens is 202 g/mol. The predicted molar refractivity (Wildman–Crippen MR) is 51.9 cm³/mol. The van der Waals surface area contributed by atoms with Crippen LogP contribution in [0.1, 0.15) is 11.1 Å². The average molecular weight is 209 g/mol. The molecule has 0 atom stereocenters. The topological polar surface area (TPSA) is 108 Å². The Morgan fingerprint density at radius 3 is 1.93 bits per heavy atom. The number of non-ortho nitro benzene ring substituents is 1. The van der Waals surface area contributed by atoms with Crippen molar-refractivity contribution < 1.29 is 15.3 Å². The highest BCUT2D eigenvalue weighted by Crippen LogP contribution is 2.15. The maximum Gasteiger partial charge on any atom is 0.270 e. The summed E-state index contributed by atoms with van der Waals surface area (Å²) in [7, 11) is 0. The van der Waals surface area contributed by atoms with E-state index in [-0.39, 0.29) is 5.69 Å². The van der Waals surface area contributed by atoms with Gasteiger partial charge < -0.3 is 10.4 Å². The maximum absolute atomic E-state index is 10.5. The first-order chi connectivity index (χ1) is 7.17. The monoisotopic (exact) mass is 209 g/mol. The van der Waals surface area contributed by atoms with Gasteiger partial charge in [-0.3, -0.25) is 10.1 Å². The molecule has 2 N–H and O–H groups in total. The SMILES string of the molecule is O=[N+]([O-])c1cc(/C=N\O)cc(/C=N\O)c1. The van der Waals surface area contributed by atoms with Crippen LogP contribution in [0, 0.1) is 10.1 Å². The minimum Gasteiger partial charge on any atom is -0.411 e. The molecule has 0 heterocycles. The van der Waals surface area contributed by atoms with Crippen molar-refractivity contribution in [2.24, 2.45) is 10.3 Å². The lowest BCUT2D eigenvalue weighted by Gasteiger charge is -1.96. The molecule has 0 unspecified atom stereocenters. The Kier molecular flexibility index (Phi) is 3.33. The third-order valence-corrected chi connectivity index (χ3v) is 1.59. The lowest BCUT2D eigenvalue weighted by atomic mass is 10.1. The van der Waals surface area contributed by atoms with E-state index in [1.165, 1.54) is 18.2 Å². The minimum absolute atomic E-state index is 0.178. The van der Waals surface area contributed by atoms with Gasteiger partial charge in [0, 0.05) is 23.3 Å². The third kappa shape index (κ3) is 2.76. The number of oxime groups is 2. The Hall–Kier alpha value is -2.44. The Morgan fingerprint density at radius 1 is 1.13 bits per heavy atom. The summed E-state index contributed by atoms with van der Waals surface area (Å²) in [6.45, 7) is 0. The zero-order valence-corrected chi connectivity index (χ0v) is 7.44. The number of nitro groups is 1. The van der Waals surface area contributed by atoms with Crippen LogP contribution in [0.5, 0.6) is 0 Å². The van der Waals surface area contributed by atoms with E-state index in [2.05, 4.69) is 10.3 Å². The summed E-state index contributed by atoms with van der Waals surface area (Å²) in [6, 6.07) is 3.93. The summed E-state index contributed by atoms with van der Waals surface area (Å²) >= 11 is 0. The molecule has 7 nitrogen and oxygen atoms in total. The quantitative estimate of drug-likeness (QED) is 0.337. The van der Waals surface area contributed by atoms with Crippen LogP contribution in [0.4, 0.5) is 5.69 Å².